The van der Waals surface area contributed by atoms with Crippen molar-refractivity contribution in [2.45, 2.75) is 84.2 Å². The van der Waals surface area contributed by atoms with E-state index in [9.17, 15) is 14.7 Å². The van der Waals surface area contributed by atoms with Crippen molar-refractivity contribution in [2.24, 2.45) is 34.0 Å². The normalized spacial score (nSPS) is 52.7. The van der Waals surface area contributed by atoms with Crippen molar-refractivity contribution in [3.63, 3.8) is 0 Å². The molecule has 0 radical (unpaired) electrons. The summed E-state index contributed by atoms with van der Waals surface area (Å²) in [4.78, 5) is 23.3. The van der Waals surface area contributed by atoms with E-state index in [1.54, 1.807) is 0 Å². The van der Waals surface area contributed by atoms with Gasteiger partial charge in [-0.05, 0) is 80.0 Å². The second-order valence-electron chi connectivity index (χ2n) is 10.5. The van der Waals surface area contributed by atoms with Gasteiger partial charge in [-0.1, -0.05) is 20.3 Å². The zero-order chi connectivity index (χ0) is 18.8. The van der Waals surface area contributed by atoms with Crippen LogP contribution in [-0.2, 0) is 14.3 Å². The van der Waals surface area contributed by atoms with Gasteiger partial charge >= 0.3 is 5.97 Å². The molecule has 0 aromatic heterocycles. The minimum atomic E-state index is -0.855. The molecule has 26 heavy (non-hydrogen) atoms. The first kappa shape index (κ1) is 18.5. The lowest BCUT2D eigenvalue weighted by atomic mass is 9.41. The van der Waals surface area contributed by atoms with Crippen LogP contribution in [0.3, 0.4) is 0 Å². The predicted octanol–water partition coefficient (Wildman–Crippen LogP) is 3.89. The van der Waals surface area contributed by atoms with Crippen LogP contribution in [0.5, 0.6) is 0 Å². The smallest absolute Gasteiger partial charge is 0.302 e. The molecule has 0 saturated heterocycles. The summed E-state index contributed by atoms with van der Waals surface area (Å²) in [5, 5.41) is 11.3. The topological polar surface area (TPSA) is 63.6 Å². The van der Waals surface area contributed by atoms with E-state index < -0.39 is 5.60 Å². The molecule has 0 aromatic carbocycles. The molecule has 0 heterocycles. The van der Waals surface area contributed by atoms with Crippen LogP contribution < -0.4 is 0 Å². The summed E-state index contributed by atoms with van der Waals surface area (Å²) in [5.74, 6) is 0.990. The Labute approximate surface area is 157 Å². The van der Waals surface area contributed by atoms with Gasteiger partial charge in [0.15, 0.2) is 0 Å². The molecule has 1 N–H and O–H groups in total. The van der Waals surface area contributed by atoms with Crippen molar-refractivity contribution in [1.29, 1.82) is 0 Å². The lowest BCUT2D eigenvalue weighted by molar-refractivity contribution is -0.158. The number of hydrogen-bond donors (Lipinski definition) is 1. The van der Waals surface area contributed by atoms with Crippen molar-refractivity contribution < 1.29 is 19.4 Å². The Morgan fingerprint density at radius 3 is 2.62 bits per heavy atom. The molecular weight excluding hydrogens is 328 g/mol. The fourth-order valence-corrected chi connectivity index (χ4v) is 8.21. The fraction of sp³-hybridized carbons (Fsp3) is 0.909. The third-order valence-electron chi connectivity index (χ3n) is 9.16. The molecule has 0 amide bonds. The molecule has 4 nitrogen and oxygen atoms in total. The molecule has 146 valence electrons. The minimum absolute atomic E-state index is 0.146. The Balaban J connectivity index is 1.64. The van der Waals surface area contributed by atoms with Crippen LogP contribution in [0.4, 0.5) is 0 Å². The van der Waals surface area contributed by atoms with E-state index in [0.29, 0.717) is 11.8 Å². The minimum Gasteiger partial charge on any atom is -0.463 e. The first-order valence-corrected chi connectivity index (χ1v) is 10.5. The maximum Gasteiger partial charge on any atom is 0.302 e. The number of carbonyl (C=O) groups is 2. The fourth-order valence-electron chi connectivity index (χ4n) is 8.21. The predicted molar refractivity (Wildman–Crippen MR) is 98.3 cm³/mol. The Hall–Kier alpha value is -0.900. The van der Waals surface area contributed by atoms with Gasteiger partial charge in [-0.3, -0.25) is 4.79 Å². The number of aldehydes is 1. The summed E-state index contributed by atoms with van der Waals surface area (Å²) < 4.78 is 5.26. The number of hydrogen-bond acceptors (Lipinski definition) is 4. The zero-order valence-corrected chi connectivity index (χ0v) is 16.6. The van der Waals surface area contributed by atoms with Crippen molar-refractivity contribution in [3.8, 4) is 0 Å². The third-order valence-corrected chi connectivity index (χ3v) is 9.16. The second kappa shape index (κ2) is 5.80. The molecule has 1 spiro atoms. The monoisotopic (exact) mass is 362 g/mol. The molecule has 7 atom stereocenters. The molecule has 4 fully saturated rings. The van der Waals surface area contributed by atoms with Crippen molar-refractivity contribution in [3.05, 3.63) is 0 Å². The van der Waals surface area contributed by atoms with Gasteiger partial charge < -0.3 is 14.6 Å². The van der Waals surface area contributed by atoms with Gasteiger partial charge in [0.1, 0.15) is 18.5 Å². The van der Waals surface area contributed by atoms with Crippen molar-refractivity contribution in [2.75, 3.05) is 6.61 Å². The van der Waals surface area contributed by atoms with Crippen LogP contribution in [0.2, 0.25) is 0 Å². The Morgan fingerprint density at radius 1 is 1.15 bits per heavy atom. The molecule has 4 heteroatoms. The number of fused-ring (bicyclic) bond motifs is 3. The summed E-state index contributed by atoms with van der Waals surface area (Å²) >= 11 is 0. The van der Waals surface area contributed by atoms with E-state index in [1.807, 2.05) is 0 Å². The number of rotatable bonds is 3. The highest BCUT2D eigenvalue weighted by atomic mass is 16.5. The summed E-state index contributed by atoms with van der Waals surface area (Å²) in [5.41, 5.74) is -0.668. The van der Waals surface area contributed by atoms with E-state index in [-0.39, 0.29) is 34.7 Å². The molecule has 0 aliphatic heterocycles. The van der Waals surface area contributed by atoms with Crippen molar-refractivity contribution >= 4 is 12.3 Å². The standard InChI is InChI=1S/C22H34O4/c1-15(24)26-14-22(25)12-21-10-7-17-19(2,13-23)8-4-9-20(17,3)18(21)6-5-16(22)11-21/h13,16-18,25H,4-12,14H2,1-3H3/t16-,17-,18+,19+,20-,21+,22-/m1/s1. The Morgan fingerprint density at radius 2 is 1.92 bits per heavy atom. The molecule has 0 aromatic rings. The van der Waals surface area contributed by atoms with Gasteiger partial charge in [0.25, 0.3) is 0 Å². The Bertz CT molecular complexity index is 617. The lowest BCUT2D eigenvalue weighted by Gasteiger charge is -2.63. The van der Waals surface area contributed by atoms with E-state index >= 15 is 0 Å². The molecular formula is C22H34O4. The van der Waals surface area contributed by atoms with Gasteiger partial charge in [0.05, 0.1) is 0 Å². The van der Waals surface area contributed by atoms with E-state index in [0.717, 1.165) is 51.4 Å². The van der Waals surface area contributed by atoms with Gasteiger partial charge in [0, 0.05) is 12.3 Å². The molecule has 4 rings (SSSR count). The molecule has 4 aliphatic carbocycles. The maximum atomic E-state index is 12.0. The van der Waals surface area contributed by atoms with Crippen LogP contribution in [0, 0.1) is 34.0 Å². The quantitative estimate of drug-likeness (QED) is 0.611. The van der Waals surface area contributed by atoms with Crippen LogP contribution in [0.25, 0.3) is 0 Å². The highest BCUT2D eigenvalue weighted by molar-refractivity contribution is 5.66. The number of aliphatic hydroxyl groups is 1. The highest BCUT2D eigenvalue weighted by Crippen LogP contribution is 2.72. The lowest BCUT2D eigenvalue weighted by Crippen LogP contribution is -2.56. The molecule has 2 bridgehead atoms. The largest absolute Gasteiger partial charge is 0.463 e. The SMILES string of the molecule is CC(=O)OC[C@]1(O)C[C@@]23CC[C@H]4[C@@](C)(CCC[C@@]4(C)C=O)[C@@H]2CC[C@@H]1C3. The molecule has 4 aliphatic rings. The van der Waals surface area contributed by atoms with Gasteiger partial charge in [-0.15, -0.1) is 0 Å². The summed E-state index contributed by atoms with van der Waals surface area (Å²) in [6, 6.07) is 0. The van der Waals surface area contributed by atoms with Gasteiger partial charge in [0.2, 0.25) is 0 Å². The average molecular weight is 363 g/mol. The van der Waals surface area contributed by atoms with Gasteiger partial charge in [-0.25, -0.2) is 0 Å². The Kier molecular flexibility index (Phi) is 4.12. The third kappa shape index (κ3) is 2.43. The number of ether oxygens (including phenoxy) is 1. The maximum absolute atomic E-state index is 12.0. The first-order valence-electron chi connectivity index (χ1n) is 10.5. The van der Waals surface area contributed by atoms with Crippen LogP contribution >= 0.6 is 0 Å². The molecule has 0 unspecified atom stereocenters. The van der Waals surface area contributed by atoms with Crippen molar-refractivity contribution in [1.82, 2.24) is 0 Å². The zero-order valence-electron chi connectivity index (χ0n) is 16.6. The molecule has 4 saturated carbocycles. The first-order chi connectivity index (χ1) is 12.2. The highest BCUT2D eigenvalue weighted by Gasteiger charge is 2.67. The van der Waals surface area contributed by atoms with E-state index in [1.165, 1.54) is 19.6 Å². The number of carbonyl (C=O) groups excluding carboxylic acids is 2. The average Bonchev–Trinajstić information content (AvgIpc) is 2.79. The van der Waals surface area contributed by atoms with Crippen LogP contribution in [0.15, 0.2) is 0 Å². The van der Waals surface area contributed by atoms with E-state index in [4.69, 9.17) is 4.74 Å². The van der Waals surface area contributed by atoms with E-state index in [2.05, 4.69) is 13.8 Å². The summed E-state index contributed by atoms with van der Waals surface area (Å²) in [6.07, 6.45) is 10.8. The second-order valence-corrected chi connectivity index (χ2v) is 10.5. The van der Waals surface area contributed by atoms with Crippen LogP contribution in [-0.4, -0.2) is 29.6 Å². The number of esters is 1. The summed E-state index contributed by atoms with van der Waals surface area (Å²) in [7, 11) is 0. The summed E-state index contributed by atoms with van der Waals surface area (Å²) in [6.45, 7) is 6.18. The van der Waals surface area contributed by atoms with Gasteiger partial charge in [-0.2, -0.15) is 0 Å². The van der Waals surface area contributed by atoms with Crippen LogP contribution in [0.1, 0.15) is 78.6 Å².